The number of hydrazine groups is 1. The van der Waals surface area contributed by atoms with Gasteiger partial charge in [0.15, 0.2) is 0 Å². The molecule has 0 spiro atoms. The summed E-state index contributed by atoms with van der Waals surface area (Å²) in [5, 5.41) is 0. The number of hydrogen-bond donors (Lipinski definition) is 2. The maximum atomic E-state index is 5.32. The van der Waals surface area contributed by atoms with Gasteiger partial charge >= 0.3 is 12.0 Å². The van der Waals surface area contributed by atoms with E-state index in [1.165, 1.54) is 7.11 Å². The molecular weight excluding hydrogens is 254 g/mol. The first-order valence-corrected chi connectivity index (χ1v) is 5.76. The predicted molar refractivity (Wildman–Crippen MR) is 67.0 cm³/mol. The van der Waals surface area contributed by atoms with Crippen LogP contribution >= 0.6 is 0 Å². The van der Waals surface area contributed by atoms with Gasteiger partial charge in [0.1, 0.15) is 6.61 Å². The molecule has 0 fully saturated rings. The number of nitrogen functional groups attached to an aromatic ring is 1. The molecular formula is C10H19N5O4. The fourth-order valence-electron chi connectivity index (χ4n) is 1.16. The molecule has 0 aliphatic carbocycles. The van der Waals surface area contributed by atoms with Crippen LogP contribution in [0.25, 0.3) is 0 Å². The molecule has 0 aliphatic rings. The van der Waals surface area contributed by atoms with Crippen molar-refractivity contribution in [1.82, 2.24) is 15.0 Å². The van der Waals surface area contributed by atoms with E-state index in [1.807, 2.05) is 0 Å². The van der Waals surface area contributed by atoms with Crippen LogP contribution in [0.15, 0.2) is 0 Å². The van der Waals surface area contributed by atoms with Gasteiger partial charge in [-0.3, -0.25) is 5.43 Å². The van der Waals surface area contributed by atoms with E-state index in [9.17, 15) is 0 Å². The second kappa shape index (κ2) is 9.25. The Hall–Kier alpha value is -1.71. The molecule has 0 saturated heterocycles. The Morgan fingerprint density at radius 1 is 1.00 bits per heavy atom. The summed E-state index contributed by atoms with van der Waals surface area (Å²) < 4.78 is 20.4. The zero-order chi connectivity index (χ0) is 13.9. The zero-order valence-corrected chi connectivity index (χ0v) is 11.1. The summed E-state index contributed by atoms with van der Waals surface area (Å²) in [5.74, 6) is 5.38. The third kappa shape index (κ3) is 6.13. The van der Waals surface area contributed by atoms with Crippen LogP contribution < -0.4 is 20.7 Å². The summed E-state index contributed by atoms with van der Waals surface area (Å²) >= 11 is 0. The number of rotatable bonds is 10. The highest BCUT2D eigenvalue weighted by Gasteiger charge is 2.06. The average Bonchev–Trinajstić information content (AvgIpc) is 2.45. The van der Waals surface area contributed by atoms with Crippen molar-refractivity contribution in [3.63, 3.8) is 0 Å². The van der Waals surface area contributed by atoms with Crippen molar-refractivity contribution < 1.29 is 18.9 Å². The van der Waals surface area contributed by atoms with Crippen LogP contribution in [0, 0.1) is 0 Å². The molecule has 1 aromatic heterocycles. The number of nitrogens with two attached hydrogens (primary N) is 1. The molecule has 1 aromatic rings. The molecule has 0 radical (unpaired) electrons. The first-order valence-electron chi connectivity index (χ1n) is 5.76. The molecule has 0 unspecified atom stereocenters. The smallest absolute Gasteiger partial charge is 0.324 e. The highest BCUT2D eigenvalue weighted by Crippen LogP contribution is 2.11. The molecule has 9 heteroatoms. The number of nitrogens with one attached hydrogen (secondary N) is 1. The van der Waals surface area contributed by atoms with Crippen molar-refractivity contribution in [2.75, 3.05) is 46.1 Å². The van der Waals surface area contributed by atoms with Crippen LogP contribution in [-0.2, 0) is 9.47 Å². The van der Waals surface area contributed by atoms with Crippen LogP contribution in [0.2, 0.25) is 0 Å². The number of methoxy groups -OCH3 is 2. The van der Waals surface area contributed by atoms with Crippen molar-refractivity contribution in [3.8, 4) is 12.0 Å². The Morgan fingerprint density at radius 2 is 1.79 bits per heavy atom. The maximum Gasteiger partial charge on any atom is 0.324 e. The number of hydrogen-bond acceptors (Lipinski definition) is 9. The van der Waals surface area contributed by atoms with Crippen LogP contribution in [0.4, 0.5) is 5.95 Å². The Kier molecular flexibility index (Phi) is 7.47. The van der Waals surface area contributed by atoms with E-state index in [0.29, 0.717) is 26.4 Å². The molecule has 19 heavy (non-hydrogen) atoms. The van der Waals surface area contributed by atoms with Gasteiger partial charge in [-0.05, 0) is 6.42 Å². The molecule has 3 N–H and O–H groups in total. The van der Waals surface area contributed by atoms with Crippen molar-refractivity contribution in [3.05, 3.63) is 0 Å². The molecule has 1 rings (SSSR count). The third-order valence-electron chi connectivity index (χ3n) is 2.00. The topological polar surface area (TPSA) is 114 Å². The van der Waals surface area contributed by atoms with Gasteiger partial charge in [0.25, 0.3) is 0 Å². The summed E-state index contributed by atoms with van der Waals surface area (Å²) in [6.07, 6.45) is 0.845. The Balaban J connectivity index is 2.28. The van der Waals surface area contributed by atoms with E-state index in [0.717, 1.165) is 6.42 Å². The first-order chi connectivity index (χ1) is 9.30. The number of nitrogens with zero attached hydrogens (tertiary/aromatic N) is 3. The molecule has 0 saturated carbocycles. The zero-order valence-electron chi connectivity index (χ0n) is 11.1. The number of anilines is 1. The predicted octanol–water partition coefficient (Wildman–Crippen LogP) is -0.402. The summed E-state index contributed by atoms with van der Waals surface area (Å²) in [6, 6.07) is 0.249. The van der Waals surface area contributed by atoms with Crippen molar-refractivity contribution in [1.29, 1.82) is 0 Å². The van der Waals surface area contributed by atoms with Crippen molar-refractivity contribution in [2.24, 2.45) is 5.84 Å². The van der Waals surface area contributed by atoms with Crippen LogP contribution in [0.3, 0.4) is 0 Å². The highest BCUT2D eigenvalue weighted by molar-refractivity contribution is 5.25. The number of ether oxygens (including phenoxy) is 4. The number of aromatic nitrogens is 3. The lowest BCUT2D eigenvalue weighted by atomic mass is 10.5. The summed E-state index contributed by atoms with van der Waals surface area (Å²) in [5.41, 5.74) is 2.30. The lowest BCUT2D eigenvalue weighted by Gasteiger charge is -2.07. The Labute approximate surface area is 111 Å². The lowest BCUT2D eigenvalue weighted by Crippen LogP contribution is -2.14. The molecule has 0 atom stereocenters. The molecule has 0 amide bonds. The SMILES string of the molecule is COCCCOCCOc1nc(NN)nc(OC)n1. The van der Waals surface area contributed by atoms with E-state index in [4.69, 9.17) is 24.8 Å². The minimum absolute atomic E-state index is 0.124. The van der Waals surface area contributed by atoms with Crippen LogP contribution in [0.1, 0.15) is 6.42 Å². The van der Waals surface area contributed by atoms with Crippen LogP contribution in [0.5, 0.6) is 12.0 Å². The monoisotopic (exact) mass is 273 g/mol. The molecule has 9 nitrogen and oxygen atoms in total. The Bertz CT molecular complexity index is 344. The minimum atomic E-state index is 0.124. The molecule has 0 aliphatic heterocycles. The van der Waals surface area contributed by atoms with E-state index < -0.39 is 0 Å². The van der Waals surface area contributed by atoms with E-state index >= 15 is 0 Å². The maximum absolute atomic E-state index is 5.32. The van der Waals surface area contributed by atoms with Crippen molar-refractivity contribution >= 4 is 5.95 Å². The largest absolute Gasteiger partial charge is 0.467 e. The van der Waals surface area contributed by atoms with Gasteiger partial charge in [0, 0.05) is 20.3 Å². The molecule has 0 bridgehead atoms. The molecule has 108 valence electrons. The van der Waals surface area contributed by atoms with Crippen molar-refractivity contribution in [2.45, 2.75) is 6.42 Å². The summed E-state index contributed by atoms with van der Waals surface area (Å²) in [4.78, 5) is 11.7. The third-order valence-corrected chi connectivity index (χ3v) is 2.00. The van der Waals surface area contributed by atoms with E-state index in [1.54, 1.807) is 7.11 Å². The van der Waals surface area contributed by atoms with Gasteiger partial charge < -0.3 is 18.9 Å². The highest BCUT2D eigenvalue weighted by atomic mass is 16.5. The van der Waals surface area contributed by atoms with E-state index in [2.05, 4.69) is 20.4 Å². The van der Waals surface area contributed by atoms with Crippen LogP contribution in [-0.4, -0.2) is 55.6 Å². The van der Waals surface area contributed by atoms with Gasteiger partial charge in [-0.15, -0.1) is 4.98 Å². The van der Waals surface area contributed by atoms with Gasteiger partial charge in [-0.2, -0.15) is 9.97 Å². The van der Waals surface area contributed by atoms with E-state index in [-0.39, 0.29) is 18.0 Å². The molecule has 0 aromatic carbocycles. The van der Waals surface area contributed by atoms with Gasteiger partial charge in [0.2, 0.25) is 5.95 Å². The fraction of sp³-hybridized carbons (Fsp3) is 0.700. The summed E-state index contributed by atoms with van der Waals surface area (Å²) in [6.45, 7) is 2.05. The standard InChI is InChI=1S/C10H19N5O4/c1-16-4-3-5-18-6-7-19-10-13-8(15-11)12-9(14-10)17-2/h3-7,11H2,1-2H3,(H,12,13,14,15). The van der Waals surface area contributed by atoms with Gasteiger partial charge in [0.05, 0.1) is 13.7 Å². The lowest BCUT2D eigenvalue weighted by molar-refractivity contribution is 0.0780. The summed E-state index contributed by atoms with van der Waals surface area (Å²) in [7, 11) is 3.10. The second-order valence-corrected chi connectivity index (χ2v) is 3.38. The quantitative estimate of drug-likeness (QED) is 0.334. The normalized spacial score (nSPS) is 10.3. The Morgan fingerprint density at radius 3 is 2.47 bits per heavy atom. The average molecular weight is 273 g/mol. The second-order valence-electron chi connectivity index (χ2n) is 3.38. The van der Waals surface area contributed by atoms with Gasteiger partial charge in [-0.25, -0.2) is 5.84 Å². The fourth-order valence-corrected chi connectivity index (χ4v) is 1.16. The first kappa shape index (κ1) is 15.3. The van der Waals surface area contributed by atoms with Gasteiger partial charge in [-0.1, -0.05) is 0 Å². The molecule has 1 heterocycles. The minimum Gasteiger partial charge on any atom is -0.467 e.